The molecule has 5 aromatic heterocycles. The van der Waals surface area contributed by atoms with Crippen LogP contribution in [0.1, 0.15) is 18.2 Å². The van der Waals surface area contributed by atoms with Gasteiger partial charge in [0.25, 0.3) is 0 Å². The van der Waals surface area contributed by atoms with E-state index in [0.717, 1.165) is 70.0 Å². The molecule has 1 aliphatic rings. The molecule has 1 fully saturated rings. The third kappa shape index (κ3) is 3.95. The largest absolute Gasteiger partial charge is 0.355 e. The Bertz CT molecular complexity index is 1480. The highest BCUT2D eigenvalue weighted by molar-refractivity contribution is 7.99. The first-order valence-corrected chi connectivity index (χ1v) is 12.3. The molecule has 5 aromatic rings. The molecule has 0 aromatic carbocycles. The molecule has 1 saturated heterocycles. The zero-order chi connectivity index (χ0) is 23.1. The molecule has 6 heterocycles. The van der Waals surface area contributed by atoms with Gasteiger partial charge in [-0.15, -0.1) is 0 Å². The van der Waals surface area contributed by atoms with E-state index in [1.165, 1.54) is 11.8 Å². The van der Waals surface area contributed by atoms with Gasteiger partial charge < -0.3 is 9.88 Å². The molecule has 8 nitrogen and oxygen atoms in total. The fourth-order valence-electron chi connectivity index (χ4n) is 4.32. The molecule has 170 valence electrons. The van der Waals surface area contributed by atoms with E-state index in [4.69, 9.17) is 21.6 Å². The molecular weight excluding hydrogens is 468 g/mol. The van der Waals surface area contributed by atoms with Crippen molar-refractivity contribution < 1.29 is 0 Å². The summed E-state index contributed by atoms with van der Waals surface area (Å²) >= 11 is 8.23. The minimum atomic E-state index is 0.520. The number of aromatic amines is 1. The molecule has 10 heteroatoms. The van der Waals surface area contributed by atoms with Crippen LogP contribution in [-0.2, 0) is 12.8 Å². The lowest BCUT2D eigenvalue weighted by atomic mass is 9.93. The first-order chi connectivity index (χ1) is 16.7. The van der Waals surface area contributed by atoms with Gasteiger partial charge in [0.2, 0.25) is 0 Å². The number of nitrogens with zero attached hydrogens (tertiary/aromatic N) is 7. The molecule has 1 aliphatic heterocycles. The predicted molar refractivity (Wildman–Crippen MR) is 133 cm³/mol. The lowest BCUT2D eigenvalue weighted by molar-refractivity contribution is 0.404. The quantitative estimate of drug-likeness (QED) is 0.342. The van der Waals surface area contributed by atoms with E-state index in [9.17, 15) is 0 Å². The van der Waals surface area contributed by atoms with E-state index in [1.807, 2.05) is 36.8 Å². The van der Waals surface area contributed by atoms with Crippen molar-refractivity contribution in [2.75, 3.05) is 18.0 Å². The first-order valence-electron chi connectivity index (χ1n) is 11.1. The number of fused-ring (bicyclic) bond motifs is 2. The number of hydrogen-bond acceptors (Lipinski definition) is 8. The van der Waals surface area contributed by atoms with Crippen LogP contribution < -0.4 is 4.90 Å². The number of nitrogens with one attached hydrogen (secondary N) is 1. The Morgan fingerprint density at radius 1 is 1.12 bits per heavy atom. The third-order valence-electron chi connectivity index (χ3n) is 6.01. The molecule has 0 bridgehead atoms. The SMILES string of the molecule is CCc1[nH]c2nc(Sc3cnc4cccnc4c3)nc(N3CC(Cc4cncnc4)C3)c2c1Cl. The summed E-state index contributed by atoms with van der Waals surface area (Å²) in [6, 6.07) is 5.85. The minimum Gasteiger partial charge on any atom is -0.355 e. The van der Waals surface area contributed by atoms with Crippen LogP contribution in [0.25, 0.3) is 22.1 Å². The summed E-state index contributed by atoms with van der Waals surface area (Å²) in [5, 5.41) is 2.25. The molecule has 0 atom stereocenters. The molecule has 0 unspecified atom stereocenters. The van der Waals surface area contributed by atoms with Gasteiger partial charge in [-0.25, -0.2) is 19.9 Å². The first kappa shape index (κ1) is 21.2. The molecule has 0 amide bonds. The highest BCUT2D eigenvalue weighted by atomic mass is 35.5. The van der Waals surface area contributed by atoms with Crippen LogP contribution in [0.15, 0.2) is 59.4 Å². The van der Waals surface area contributed by atoms with Crippen LogP contribution in [-0.4, -0.2) is 48.0 Å². The number of halogens is 1. The van der Waals surface area contributed by atoms with Gasteiger partial charge in [-0.1, -0.05) is 18.5 Å². The predicted octanol–water partition coefficient (Wildman–Crippen LogP) is 4.74. The molecule has 0 radical (unpaired) electrons. The van der Waals surface area contributed by atoms with Crippen molar-refractivity contribution in [1.29, 1.82) is 0 Å². The summed E-state index contributed by atoms with van der Waals surface area (Å²) in [7, 11) is 0. The highest BCUT2D eigenvalue weighted by Crippen LogP contribution is 2.39. The van der Waals surface area contributed by atoms with Gasteiger partial charge in [0, 0.05) is 48.5 Å². The molecule has 0 spiro atoms. The highest BCUT2D eigenvalue weighted by Gasteiger charge is 2.31. The zero-order valence-corrected chi connectivity index (χ0v) is 20.0. The number of aromatic nitrogens is 7. The van der Waals surface area contributed by atoms with Crippen molar-refractivity contribution in [2.45, 2.75) is 29.8 Å². The van der Waals surface area contributed by atoms with Gasteiger partial charge in [0.05, 0.1) is 21.4 Å². The maximum Gasteiger partial charge on any atom is 0.196 e. The Morgan fingerprint density at radius 3 is 2.79 bits per heavy atom. The van der Waals surface area contributed by atoms with Crippen LogP contribution in [0.3, 0.4) is 0 Å². The number of anilines is 1. The topological polar surface area (TPSA) is 96.4 Å². The Labute approximate surface area is 205 Å². The Morgan fingerprint density at radius 2 is 1.97 bits per heavy atom. The summed E-state index contributed by atoms with van der Waals surface area (Å²) in [5.41, 5.74) is 4.61. The summed E-state index contributed by atoms with van der Waals surface area (Å²) in [6.07, 6.45) is 10.7. The van der Waals surface area contributed by atoms with Crippen LogP contribution in [0.2, 0.25) is 5.02 Å². The van der Waals surface area contributed by atoms with Crippen molar-refractivity contribution in [1.82, 2.24) is 34.9 Å². The Balaban J connectivity index is 1.32. The van der Waals surface area contributed by atoms with Gasteiger partial charge in [0.1, 0.15) is 17.8 Å². The number of rotatable bonds is 6. The summed E-state index contributed by atoms with van der Waals surface area (Å²) in [5.74, 6) is 1.40. The van der Waals surface area contributed by atoms with E-state index < -0.39 is 0 Å². The van der Waals surface area contributed by atoms with E-state index in [2.05, 4.69) is 36.7 Å². The van der Waals surface area contributed by atoms with Gasteiger partial charge in [0.15, 0.2) is 5.16 Å². The Kier molecular flexibility index (Phi) is 5.50. The molecule has 0 aliphatic carbocycles. The van der Waals surface area contributed by atoms with Gasteiger partial charge in [-0.3, -0.25) is 9.97 Å². The van der Waals surface area contributed by atoms with E-state index in [1.54, 1.807) is 12.5 Å². The molecule has 1 N–H and O–H groups in total. The molecule has 0 saturated carbocycles. The Hall–Kier alpha value is -3.30. The maximum atomic E-state index is 6.75. The smallest absolute Gasteiger partial charge is 0.196 e. The number of pyridine rings is 2. The molecular formula is C24H21ClN8S. The van der Waals surface area contributed by atoms with Gasteiger partial charge >= 0.3 is 0 Å². The second-order valence-corrected chi connectivity index (χ2v) is 9.78. The van der Waals surface area contributed by atoms with Crippen LogP contribution in [0.5, 0.6) is 0 Å². The third-order valence-corrected chi connectivity index (χ3v) is 7.25. The lowest BCUT2D eigenvalue weighted by Gasteiger charge is -2.40. The number of H-pyrrole nitrogens is 1. The van der Waals surface area contributed by atoms with Crippen molar-refractivity contribution in [3.8, 4) is 0 Å². The summed E-state index contributed by atoms with van der Waals surface area (Å²) < 4.78 is 0. The average Bonchev–Trinajstić information content (AvgIpc) is 3.17. The van der Waals surface area contributed by atoms with Crippen LogP contribution in [0.4, 0.5) is 5.82 Å². The second-order valence-electron chi connectivity index (χ2n) is 8.36. The zero-order valence-electron chi connectivity index (χ0n) is 18.4. The van der Waals surface area contributed by atoms with Crippen LogP contribution >= 0.6 is 23.4 Å². The second kappa shape index (κ2) is 8.81. The van der Waals surface area contributed by atoms with E-state index >= 15 is 0 Å². The lowest BCUT2D eigenvalue weighted by Crippen LogP contribution is -2.48. The standard InChI is InChI=1S/C24H21ClN8S/c1-2-17-21(25)20-22(30-17)31-24(34-16-7-19-18(29-10-16)4-3-5-28-19)32-23(20)33-11-15(12-33)6-14-8-26-13-27-9-14/h3-5,7-10,13,15H,2,6,11-12H2,1H3,(H,30,31,32). The maximum absolute atomic E-state index is 6.75. The van der Waals surface area contributed by atoms with E-state index in [-0.39, 0.29) is 0 Å². The van der Waals surface area contributed by atoms with Crippen molar-refractivity contribution in [3.05, 3.63) is 65.6 Å². The number of hydrogen-bond donors (Lipinski definition) is 1. The average molecular weight is 489 g/mol. The van der Waals surface area contributed by atoms with Crippen LogP contribution in [0, 0.1) is 5.92 Å². The van der Waals surface area contributed by atoms with Crippen molar-refractivity contribution in [2.24, 2.45) is 5.92 Å². The van der Waals surface area contributed by atoms with Crippen molar-refractivity contribution in [3.63, 3.8) is 0 Å². The fraction of sp³-hybridized carbons (Fsp3) is 0.250. The normalized spacial score (nSPS) is 14.1. The summed E-state index contributed by atoms with van der Waals surface area (Å²) in [4.78, 5) is 33.5. The molecule has 6 rings (SSSR count). The molecule has 34 heavy (non-hydrogen) atoms. The summed E-state index contributed by atoms with van der Waals surface area (Å²) in [6.45, 7) is 3.87. The monoisotopic (exact) mass is 488 g/mol. The van der Waals surface area contributed by atoms with Gasteiger partial charge in [-0.05, 0) is 54.3 Å². The fourth-order valence-corrected chi connectivity index (χ4v) is 5.44. The van der Waals surface area contributed by atoms with Crippen molar-refractivity contribution >= 4 is 51.2 Å². The number of aryl methyl sites for hydroxylation is 1. The van der Waals surface area contributed by atoms with E-state index in [0.29, 0.717) is 16.1 Å². The minimum absolute atomic E-state index is 0.520. The van der Waals surface area contributed by atoms with Gasteiger partial charge in [-0.2, -0.15) is 0 Å².